The number of aliphatic imine (C=N–C) groups is 1. The Morgan fingerprint density at radius 1 is 1.07 bits per heavy atom. The van der Waals surface area contributed by atoms with Crippen molar-refractivity contribution in [2.24, 2.45) is 22.7 Å². The SMILES string of the molecule is COC(=O)C1=C(C)N=C(C)C(C(=O)OC)[C@@H]1C(=O)OCC(=O)N1CCC[C@H](C)C1. The van der Waals surface area contributed by atoms with E-state index < -0.39 is 36.4 Å². The van der Waals surface area contributed by atoms with E-state index in [1.54, 1.807) is 18.7 Å². The summed E-state index contributed by atoms with van der Waals surface area (Å²) in [6.07, 6.45) is 1.95. The van der Waals surface area contributed by atoms with Crippen molar-refractivity contribution in [3.63, 3.8) is 0 Å². The number of amides is 1. The summed E-state index contributed by atoms with van der Waals surface area (Å²) in [4.78, 5) is 55.8. The van der Waals surface area contributed by atoms with Gasteiger partial charge in [-0.1, -0.05) is 6.92 Å². The molecule has 160 valence electrons. The van der Waals surface area contributed by atoms with E-state index in [-0.39, 0.29) is 17.2 Å². The first-order valence-corrected chi connectivity index (χ1v) is 9.57. The van der Waals surface area contributed by atoms with E-state index in [0.29, 0.717) is 24.7 Å². The van der Waals surface area contributed by atoms with Crippen LogP contribution >= 0.6 is 0 Å². The molecule has 0 saturated carbocycles. The van der Waals surface area contributed by atoms with Gasteiger partial charge in [-0.05, 0) is 32.6 Å². The van der Waals surface area contributed by atoms with Gasteiger partial charge in [0.1, 0.15) is 11.8 Å². The number of allylic oxidation sites excluding steroid dienone is 1. The van der Waals surface area contributed by atoms with E-state index in [1.807, 2.05) is 0 Å². The summed E-state index contributed by atoms with van der Waals surface area (Å²) >= 11 is 0. The first-order valence-electron chi connectivity index (χ1n) is 9.57. The number of nitrogens with zero attached hydrogens (tertiary/aromatic N) is 2. The van der Waals surface area contributed by atoms with Gasteiger partial charge in [0.15, 0.2) is 6.61 Å². The Balaban J connectivity index is 2.22. The van der Waals surface area contributed by atoms with Gasteiger partial charge < -0.3 is 19.1 Å². The molecule has 2 heterocycles. The topological polar surface area (TPSA) is 112 Å². The third-order valence-electron chi connectivity index (χ3n) is 5.29. The van der Waals surface area contributed by atoms with E-state index in [1.165, 1.54) is 14.2 Å². The molecule has 0 radical (unpaired) electrons. The summed E-state index contributed by atoms with van der Waals surface area (Å²) in [5, 5.41) is 0. The molecule has 0 aromatic heterocycles. The molecule has 29 heavy (non-hydrogen) atoms. The molecule has 0 N–H and O–H groups in total. The van der Waals surface area contributed by atoms with Crippen LogP contribution in [0.4, 0.5) is 0 Å². The minimum Gasteiger partial charge on any atom is -0.468 e. The Morgan fingerprint density at radius 3 is 2.34 bits per heavy atom. The molecule has 2 rings (SSSR count). The second-order valence-corrected chi connectivity index (χ2v) is 7.42. The average molecular weight is 408 g/mol. The maximum Gasteiger partial charge on any atom is 0.336 e. The molecule has 0 bridgehead atoms. The highest BCUT2D eigenvalue weighted by Crippen LogP contribution is 2.33. The standard InChI is InChI=1S/C20H28N2O7/c1-11-7-6-8-22(9-11)14(23)10-29-20(26)17-15(18(24)27-4)12(2)21-13(3)16(17)19(25)28-5/h11,15,17H,6-10H2,1-5H3/t11-,15?,17-/m0/s1. The lowest BCUT2D eigenvalue weighted by molar-refractivity contribution is -0.160. The van der Waals surface area contributed by atoms with Gasteiger partial charge in [-0.2, -0.15) is 0 Å². The van der Waals surface area contributed by atoms with E-state index in [9.17, 15) is 19.2 Å². The summed E-state index contributed by atoms with van der Waals surface area (Å²) in [5.74, 6) is -4.71. The van der Waals surface area contributed by atoms with E-state index in [2.05, 4.69) is 11.9 Å². The first-order chi connectivity index (χ1) is 13.7. The second-order valence-electron chi connectivity index (χ2n) is 7.42. The summed E-state index contributed by atoms with van der Waals surface area (Å²) in [6, 6.07) is 0. The first kappa shape index (κ1) is 22.6. The summed E-state index contributed by atoms with van der Waals surface area (Å²) in [6.45, 7) is 5.95. The van der Waals surface area contributed by atoms with Gasteiger partial charge in [0.05, 0.1) is 19.8 Å². The molecule has 3 atom stereocenters. The minimum absolute atomic E-state index is 0.0717. The number of esters is 3. The zero-order valence-electron chi connectivity index (χ0n) is 17.5. The Morgan fingerprint density at radius 2 is 1.76 bits per heavy atom. The zero-order chi connectivity index (χ0) is 21.7. The number of hydrogen-bond donors (Lipinski definition) is 0. The molecule has 0 spiro atoms. The predicted molar refractivity (Wildman–Crippen MR) is 103 cm³/mol. The molecule has 2 aliphatic heterocycles. The Bertz CT molecular complexity index is 756. The number of carbonyl (C=O) groups is 4. The molecule has 0 aliphatic carbocycles. The molecule has 1 unspecified atom stereocenters. The lowest BCUT2D eigenvalue weighted by Crippen LogP contribution is -2.44. The van der Waals surface area contributed by atoms with Crippen LogP contribution in [0.2, 0.25) is 0 Å². The van der Waals surface area contributed by atoms with Crippen LogP contribution in [0.25, 0.3) is 0 Å². The fourth-order valence-electron chi connectivity index (χ4n) is 3.83. The van der Waals surface area contributed by atoms with Gasteiger partial charge >= 0.3 is 17.9 Å². The Hall–Kier alpha value is -2.71. The van der Waals surface area contributed by atoms with Crippen molar-refractivity contribution in [2.75, 3.05) is 33.9 Å². The molecule has 9 nitrogen and oxygen atoms in total. The Labute approximate surface area is 170 Å². The predicted octanol–water partition coefficient (Wildman–Crippen LogP) is 1.11. The highest BCUT2D eigenvalue weighted by Gasteiger charge is 2.46. The molecule has 9 heteroatoms. The molecular weight excluding hydrogens is 380 g/mol. The maximum absolute atomic E-state index is 12.9. The lowest BCUT2D eigenvalue weighted by Gasteiger charge is -2.31. The van der Waals surface area contributed by atoms with Crippen molar-refractivity contribution in [3.05, 3.63) is 11.3 Å². The fraction of sp³-hybridized carbons (Fsp3) is 0.650. The zero-order valence-corrected chi connectivity index (χ0v) is 17.5. The van der Waals surface area contributed by atoms with Crippen LogP contribution in [0.1, 0.15) is 33.6 Å². The summed E-state index contributed by atoms with van der Waals surface area (Å²) < 4.78 is 14.8. The molecule has 1 amide bonds. The van der Waals surface area contributed by atoms with Gasteiger partial charge in [0.2, 0.25) is 0 Å². The number of hydrogen-bond acceptors (Lipinski definition) is 8. The fourth-order valence-corrected chi connectivity index (χ4v) is 3.83. The molecular formula is C20H28N2O7. The van der Waals surface area contributed by atoms with Crippen LogP contribution in [-0.2, 0) is 33.4 Å². The average Bonchev–Trinajstić information content (AvgIpc) is 2.70. The van der Waals surface area contributed by atoms with E-state index in [4.69, 9.17) is 14.2 Å². The van der Waals surface area contributed by atoms with Crippen molar-refractivity contribution < 1.29 is 33.4 Å². The molecule has 0 aromatic carbocycles. The maximum atomic E-state index is 12.9. The van der Waals surface area contributed by atoms with Gasteiger partial charge in [0, 0.05) is 24.5 Å². The number of ether oxygens (including phenoxy) is 3. The van der Waals surface area contributed by atoms with E-state index >= 15 is 0 Å². The van der Waals surface area contributed by atoms with Crippen molar-refractivity contribution in [2.45, 2.75) is 33.6 Å². The van der Waals surface area contributed by atoms with E-state index in [0.717, 1.165) is 12.8 Å². The lowest BCUT2D eigenvalue weighted by atomic mass is 9.80. The normalized spacial score (nSPS) is 24.5. The summed E-state index contributed by atoms with van der Waals surface area (Å²) in [7, 11) is 2.35. The van der Waals surface area contributed by atoms with Gasteiger partial charge in [-0.15, -0.1) is 0 Å². The van der Waals surface area contributed by atoms with Crippen LogP contribution in [0, 0.1) is 17.8 Å². The molecule has 1 saturated heterocycles. The van der Waals surface area contributed by atoms with Crippen molar-refractivity contribution in [1.82, 2.24) is 4.90 Å². The number of methoxy groups -OCH3 is 2. The van der Waals surface area contributed by atoms with Crippen molar-refractivity contribution in [3.8, 4) is 0 Å². The Kier molecular flexibility index (Phi) is 7.53. The highest BCUT2D eigenvalue weighted by atomic mass is 16.5. The van der Waals surface area contributed by atoms with Crippen LogP contribution in [0.5, 0.6) is 0 Å². The van der Waals surface area contributed by atoms with Gasteiger partial charge in [-0.3, -0.25) is 19.4 Å². The quantitative estimate of drug-likeness (QED) is 0.495. The summed E-state index contributed by atoms with van der Waals surface area (Å²) in [5.41, 5.74) is 0.505. The number of piperidine rings is 1. The number of likely N-dealkylation sites (tertiary alicyclic amines) is 1. The molecule has 2 aliphatic rings. The number of carbonyl (C=O) groups excluding carboxylic acids is 4. The molecule has 1 fully saturated rings. The highest BCUT2D eigenvalue weighted by molar-refractivity contribution is 6.10. The minimum atomic E-state index is -1.29. The third kappa shape index (κ3) is 5.02. The van der Waals surface area contributed by atoms with Gasteiger partial charge in [-0.25, -0.2) is 4.79 Å². The van der Waals surface area contributed by atoms with Crippen molar-refractivity contribution in [1.29, 1.82) is 0 Å². The van der Waals surface area contributed by atoms with Crippen LogP contribution in [0.15, 0.2) is 16.3 Å². The third-order valence-corrected chi connectivity index (χ3v) is 5.29. The van der Waals surface area contributed by atoms with Gasteiger partial charge in [0.25, 0.3) is 5.91 Å². The smallest absolute Gasteiger partial charge is 0.336 e. The largest absolute Gasteiger partial charge is 0.468 e. The molecule has 0 aromatic rings. The van der Waals surface area contributed by atoms with Crippen LogP contribution in [0.3, 0.4) is 0 Å². The van der Waals surface area contributed by atoms with Crippen LogP contribution < -0.4 is 0 Å². The van der Waals surface area contributed by atoms with Crippen molar-refractivity contribution >= 4 is 29.5 Å². The number of rotatable bonds is 5. The van der Waals surface area contributed by atoms with Crippen LogP contribution in [-0.4, -0.2) is 68.3 Å². The second kappa shape index (κ2) is 9.67. The monoisotopic (exact) mass is 408 g/mol.